The van der Waals surface area contributed by atoms with E-state index in [1.165, 1.54) is 24.8 Å². The summed E-state index contributed by atoms with van der Waals surface area (Å²) in [5.74, 6) is 1.50. The van der Waals surface area contributed by atoms with Crippen LogP contribution in [0.5, 0.6) is 0 Å². The first-order valence-electron chi connectivity index (χ1n) is 8.13. The molecule has 0 saturated carbocycles. The number of halogens is 1. The number of nitrogens with one attached hydrogen (secondary N) is 1. The van der Waals surface area contributed by atoms with E-state index in [2.05, 4.69) is 31.3 Å². The number of rotatable bonds is 11. The van der Waals surface area contributed by atoms with Gasteiger partial charge in [-0.3, -0.25) is 0 Å². The molecule has 120 valence electrons. The van der Waals surface area contributed by atoms with Crippen LogP contribution >= 0.6 is 11.6 Å². The van der Waals surface area contributed by atoms with Crippen molar-refractivity contribution in [2.24, 2.45) is 11.8 Å². The van der Waals surface area contributed by atoms with E-state index >= 15 is 0 Å². The van der Waals surface area contributed by atoms with Crippen LogP contribution in [0.4, 0.5) is 0 Å². The molecule has 0 spiro atoms. The van der Waals surface area contributed by atoms with E-state index in [9.17, 15) is 0 Å². The van der Waals surface area contributed by atoms with Crippen LogP contribution < -0.4 is 5.32 Å². The van der Waals surface area contributed by atoms with Crippen molar-refractivity contribution in [3.05, 3.63) is 34.9 Å². The molecular weight excluding hydrogens is 282 g/mol. The first-order chi connectivity index (χ1) is 10.2. The third-order valence-electron chi connectivity index (χ3n) is 4.17. The summed E-state index contributed by atoms with van der Waals surface area (Å²) in [6, 6.07) is 8.28. The fourth-order valence-corrected chi connectivity index (χ4v) is 2.89. The maximum Gasteiger partial charge on any atom is 0.0587 e. The van der Waals surface area contributed by atoms with Crippen LogP contribution in [0.1, 0.15) is 38.7 Å². The third kappa shape index (κ3) is 7.85. The molecule has 3 heteroatoms. The van der Waals surface area contributed by atoms with Gasteiger partial charge < -0.3 is 10.1 Å². The lowest BCUT2D eigenvalue weighted by atomic mass is 9.86. The van der Waals surface area contributed by atoms with Gasteiger partial charge in [-0.15, -0.1) is 0 Å². The smallest absolute Gasteiger partial charge is 0.0587 e. The molecule has 21 heavy (non-hydrogen) atoms. The Morgan fingerprint density at radius 2 is 1.76 bits per heavy atom. The second-order valence-electron chi connectivity index (χ2n) is 5.81. The molecule has 0 heterocycles. The van der Waals surface area contributed by atoms with E-state index < -0.39 is 0 Å². The molecule has 1 aromatic carbocycles. The Hall–Kier alpha value is -0.570. The van der Waals surface area contributed by atoms with Crippen molar-refractivity contribution in [3.8, 4) is 0 Å². The molecule has 1 N–H and O–H groups in total. The summed E-state index contributed by atoms with van der Waals surface area (Å²) >= 11 is 5.97. The second kappa shape index (κ2) is 11.1. The van der Waals surface area contributed by atoms with Gasteiger partial charge in [-0.2, -0.15) is 0 Å². The zero-order valence-electron chi connectivity index (χ0n) is 13.7. The SMILES string of the molecule is CCC(CC)CC(CNCCOC)Cc1ccc(Cl)cc1. The van der Waals surface area contributed by atoms with Gasteiger partial charge in [0, 0.05) is 18.7 Å². The van der Waals surface area contributed by atoms with Gasteiger partial charge >= 0.3 is 0 Å². The van der Waals surface area contributed by atoms with Crippen molar-refractivity contribution in [1.29, 1.82) is 0 Å². The van der Waals surface area contributed by atoms with Crippen LogP contribution in [-0.4, -0.2) is 26.8 Å². The van der Waals surface area contributed by atoms with E-state index in [1.807, 2.05) is 12.1 Å². The molecule has 1 atom stereocenters. The number of hydrogen-bond acceptors (Lipinski definition) is 2. The van der Waals surface area contributed by atoms with E-state index in [0.717, 1.165) is 37.1 Å². The lowest BCUT2D eigenvalue weighted by Gasteiger charge is -2.22. The fourth-order valence-electron chi connectivity index (χ4n) is 2.77. The van der Waals surface area contributed by atoms with Crippen molar-refractivity contribution in [2.45, 2.75) is 39.5 Å². The molecular formula is C18H30ClNO. The van der Waals surface area contributed by atoms with Gasteiger partial charge in [0.15, 0.2) is 0 Å². The molecule has 1 unspecified atom stereocenters. The summed E-state index contributed by atoms with van der Waals surface area (Å²) in [4.78, 5) is 0. The minimum Gasteiger partial charge on any atom is -0.383 e. The Labute approximate surface area is 135 Å². The number of ether oxygens (including phenoxy) is 1. The molecule has 0 aromatic heterocycles. The summed E-state index contributed by atoms with van der Waals surface area (Å²) in [7, 11) is 1.75. The van der Waals surface area contributed by atoms with Gasteiger partial charge in [0.1, 0.15) is 0 Å². The lowest BCUT2D eigenvalue weighted by molar-refractivity contribution is 0.196. The molecule has 1 aromatic rings. The normalized spacial score (nSPS) is 12.8. The van der Waals surface area contributed by atoms with Crippen LogP contribution in [0, 0.1) is 11.8 Å². The highest BCUT2D eigenvalue weighted by atomic mass is 35.5. The highest BCUT2D eigenvalue weighted by Crippen LogP contribution is 2.22. The molecule has 0 aliphatic carbocycles. The van der Waals surface area contributed by atoms with Gasteiger partial charge in [0.05, 0.1) is 6.61 Å². The molecule has 0 fully saturated rings. The van der Waals surface area contributed by atoms with E-state index in [0.29, 0.717) is 5.92 Å². The second-order valence-corrected chi connectivity index (χ2v) is 6.25. The van der Waals surface area contributed by atoms with Crippen molar-refractivity contribution < 1.29 is 4.74 Å². The third-order valence-corrected chi connectivity index (χ3v) is 4.43. The van der Waals surface area contributed by atoms with Gasteiger partial charge in [0.2, 0.25) is 0 Å². The summed E-state index contributed by atoms with van der Waals surface area (Å²) in [5, 5.41) is 4.33. The molecule has 0 saturated heterocycles. The van der Waals surface area contributed by atoms with Crippen LogP contribution in [-0.2, 0) is 11.2 Å². The Morgan fingerprint density at radius 1 is 1.10 bits per heavy atom. The highest BCUT2D eigenvalue weighted by molar-refractivity contribution is 6.30. The van der Waals surface area contributed by atoms with Crippen molar-refractivity contribution >= 4 is 11.6 Å². The lowest BCUT2D eigenvalue weighted by Crippen LogP contribution is -2.28. The highest BCUT2D eigenvalue weighted by Gasteiger charge is 2.15. The minimum atomic E-state index is 0.674. The van der Waals surface area contributed by atoms with Crippen molar-refractivity contribution in [2.75, 3.05) is 26.8 Å². The molecule has 0 aliphatic rings. The molecule has 1 rings (SSSR count). The summed E-state index contributed by atoms with van der Waals surface area (Å²) in [6.45, 7) is 7.36. The fraction of sp³-hybridized carbons (Fsp3) is 0.667. The van der Waals surface area contributed by atoms with Gasteiger partial charge in [0.25, 0.3) is 0 Å². The molecule has 0 bridgehead atoms. The summed E-state index contributed by atoms with van der Waals surface area (Å²) < 4.78 is 5.10. The molecule has 2 nitrogen and oxygen atoms in total. The zero-order chi connectivity index (χ0) is 15.5. The van der Waals surface area contributed by atoms with Crippen LogP contribution in [0.2, 0.25) is 5.02 Å². The van der Waals surface area contributed by atoms with Gasteiger partial charge in [-0.1, -0.05) is 50.4 Å². The number of hydrogen-bond donors (Lipinski definition) is 1. The quantitative estimate of drug-likeness (QED) is 0.605. The molecule has 0 amide bonds. The van der Waals surface area contributed by atoms with Crippen LogP contribution in [0.15, 0.2) is 24.3 Å². The Morgan fingerprint density at radius 3 is 2.33 bits per heavy atom. The van der Waals surface area contributed by atoms with Gasteiger partial charge in [-0.25, -0.2) is 0 Å². The monoisotopic (exact) mass is 311 g/mol. The van der Waals surface area contributed by atoms with Crippen LogP contribution in [0.25, 0.3) is 0 Å². The Balaban J connectivity index is 2.54. The topological polar surface area (TPSA) is 21.3 Å². The molecule has 0 aliphatic heterocycles. The van der Waals surface area contributed by atoms with Crippen molar-refractivity contribution in [1.82, 2.24) is 5.32 Å². The average molecular weight is 312 g/mol. The van der Waals surface area contributed by atoms with Gasteiger partial charge in [-0.05, 0) is 48.9 Å². The standard InChI is InChI=1S/C18H30ClNO/c1-4-15(5-2)12-17(14-20-10-11-21-3)13-16-6-8-18(19)9-7-16/h6-9,15,17,20H,4-5,10-14H2,1-3H3. The van der Waals surface area contributed by atoms with E-state index in [-0.39, 0.29) is 0 Å². The number of methoxy groups -OCH3 is 1. The Bertz CT molecular complexity index is 362. The minimum absolute atomic E-state index is 0.674. The van der Waals surface area contributed by atoms with E-state index in [4.69, 9.17) is 16.3 Å². The zero-order valence-corrected chi connectivity index (χ0v) is 14.5. The number of benzene rings is 1. The predicted octanol–water partition coefficient (Wildman–Crippen LogP) is 4.56. The first-order valence-corrected chi connectivity index (χ1v) is 8.51. The summed E-state index contributed by atoms with van der Waals surface area (Å²) in [5.41, 5.74) is 1.38. The van der Waals surface area contributed by atoms with Crippen molar-refractivity contribution in [3.63, 3.8) is 0 Å². The summed E-state index contributed by atoms with van der Waals surface area (Å²) in [6.07, 6.45) is 4.95. The largest absolute Gasteiger partial charge is 0.383 e. The predicted molar refractivity (Wildman–Crippen MR) is 92.1 cm³/mol. The maximum atomic E-state index is 5.97. The van der Waals surface area contributed by atoms with Crippen LogP contribution in [0.3, 0.4) is 0 Å². The van der Waals surface area contributed by atoms with E-state index in [1.54, 1.807) is 7.11 Å². The Kier molecular flexibility index (Phi) is 9.73. The molecule has 0 radical (unpaired) electrons. The average Bonchev–Trinajstić information content (AvgIpc) is 2.51. The first kappa shape index (κ1) is 18.5. The maximum absolute atomic E-state index is 5.97.